The van der Waals surface area contributed by atoms with E-state index in [1.54, 1.807) is 7.11 Å². The second kappa shape index (κ2) is 6.46. The van der Waals surface area contributed by atoms with Crippen LogP contribution in [0.5, 0.6) is 0 Å². The fourth-order valence-corrected chi connectivity index (χ4v) is 2.52. The highest BCUT2D eigenvalue weighted by Gasteiger charge is 2.44. The summed E-state index contributed by atoms with van der Waals surface area (Å²) in [5, 5.41) is 3.90. The van der Waals surface area contributed by atoms with Gasteiger partial charge in [0, 0.05) is 23.6 Å². The predicted octanol–water partition coefficient (Wildman–Crippen LogP) is 2.31. The van der Waals surface area contributed by atoms with E-state index < -0.39 is 0 Å². The van der Waals surface area contributed by atoms with E-state index in [-0.39, 0.29) is 11.5 Å². The van der Waals surface area contributed by atoms with Crippen molar-refractivity contribution in [3.63, 3.8) is 0 Å². The number of hydrogen-bond donors (Lipinski definition) is 2. The lowest BCUT2D eigenvalue weighted by molar-refractivity contribution is 0.179. The number of aliphatic imine (C=N–C) groups is 1. The topological polar surface area (TPSA) is 59.6 Å². The number of ether oxygens (including phenoxy) is 1. The van der Waals surface area contributed by atoms with Gasteiger partial charge in [-0.05, 0) is 37.5 Å². The third-order valence-electron chi connectivity index (χ3n) is 3.65. The summed E-state index contributed by atoms with van der Waals surface area (Å²) in [7, 11) is 1.67. The normalized spacial score (nSPS) is 18.6. The average Bonchev–Trinajstić information content (AvgIpc) is 3.18. The summed E-state index contributed by atoms with van der Waals surface area (Å²) >= 11 is 6.06. The van der Waals surface area contributed by atoms with E-state index in [1.165, 1.54) is 5.56 Å². The smallest absolute Gasteiger partial charge is 0.188 e. The summed E-state index contributed by atoms with van der Waals surface area (Å²) in [4.78, 5) is 4.47. The SMILES string of the molecule is COCC(C)NC(N)=NCC1(c2cccc(Cl)c2)CC1. The molecule has 0 aliphatic heterocycles. The van der Waals surface area contributed by atoms with E-state index in [9.17, 15) is 0 Å². The Kier molecular flexibility index (Phi) is 4.89. The van der Waals surface area contributed by atoms with Crippen LogP contribution in [-0.4, -0.2) is 32.3 Å². The van der Waals surface area contributed by atoms with Crippen molar-refractivity contribution < 1.29 is 4.74 Å². The summed E-state index contributed by atoms with van der Waals surface area (Å²) in [6.45, 7) is 3.32. The molecule has 0 aromatic heterocycles. The Balaban J connectivity index is 1.96. The molecule has 1 aromatic carbocycles. The van der Waals surface area contributed by atoms with Crippen LogP contribution in [0.25, 0.3) is 0 Å². The van der Waals surface area contributed by atoms with Gasteiger partial charge in [0.25, 0.3) is 0 Å². The lowest BCUT2D eigenvalue weighted by Crippen LogP contribution is -2.41. The van der Waals surface area contributed by atoms with E-state index in [2.05, 4.69) is 16.4 Å². The zero-order valence-electron chi connectivity index (χ0n) is 12.0. The fraction of sp³-hybridized carbons (Fsp3) is 0.533. The van der Waals surface area contributed by atoms with Gasteiger partial charge in [0.2, 0.25) is 0 Å². The van der Waals surface area contributed by atoms with Crippen molar-refractivity contribution in [1.82, 2.24) is 5.32 Å². The maximum atomic E-state index is 6.06. The van der Waals surface area contributed by atoms with Crippen LogP contribution in [0.2, 0.25) is 5.02 Å². The van der Waals surface area contributed by atoms with E-state index in [4.69, 9.17) is 22.1 Å². The number of nitrogens with one attached hydrogen (secondary N) is 1. The number of benzene rings is 1. The number of hydrogen-bond acceptors (Lipinski definition) is 2. The van der Waals surface area contributed by atoms with Crippen molar-refractivity contribution in [2.75, 3.05) is 20.3 Å². The Bertz CT molecular complexity index is 486. The van der Waals surface area contributed by atoms with Gasteiger partial charge < -0.3 is 15.8 Å². The molecule has 1 fully saturated rings. The summed E-state index contributed by atoms with van der Waals surface area (Å²) in [6, 6.07) is 8.19. The minimum Gasteiger partial charge on any atom is -0.383 e. The van der Waals surface area contributed by atoms with Crippen LogP contribution >= 0.6 is 11.6 Å². The first-order valence-electron chi connectivity index (χ1n) is 6.87. The molecule has 2 rings (SSSR count). The van der Waals surface area contributed by atoms with Gasteiger partial charge in [-0.2, -0.15) is 0 Å². The molecule has 0 amide bonds. The molecule has 1 saturated carbocycles. The first-order chi connectivity index (χ1) is 9.55. The number of nitrogens with zero attached hydrogens (tertiary/aromatic N) is 1. The van der Waals surface area contributed by atoms with Crippen molar-refractivity contribution in [2.45, 2.75) is 31.2 Å². The second-order valence-corrected chi connectivity index (χ2v) is 5.93. The molecule has 1 aromatic rings. The standard InChI is InChI=1S/C15H22ClN3O/c1-11(9-20-2)19-14(17)18-10-15(6-7-15)12-4-3-5-13(16)8-12/h3-5,8,11H,6-7,9-10H2,1-2H3,(H3,17,18,19). The van der Waals surface area contributed by atoms with E-state index >= 15 is 0 Å². The zero-order chi connectivity index (χ0) is 14.6. The van der Waals surface area contributed by atoms with Crippen molar-refractivity contribution in [3.05, 3.63) is 34.9 Å². The van der Waals surface area contributed by atoms with Crippen molar-refractivity contribution in [3.8, 4) is 0 Å². The minimum absolute atomic E-state index is 0.127. The number of rotatable bonds is 6. The predicted molar refractivity (Wildman–Crippen MR) is 83.3 cm³/mol. The summed E-state index contributed by atoms with van der Waals surface area (Å²) in [5.74, 6) is 0.475. The molecule has 1 aliphatic rings. The molecule has 3 N–H and O–H groups in total. The average molecular weight is 296 g/mol. The summed E-state index contributed by atoms with van der Waals surface area (Å²) in [6.07, 6.45) is 2.27. The van der Waals surface area contributed by atoms with Crippen LogP contribution in [0.1, 0.15) is 25.3 Å². The molecule has 0 saturated heterocycles. The van der Waals surface area contributed by atoms with Crippen LogP contribution < -0.4 is 11.1 Å². The monoisotopic (exact) mass is 295 g/mol. The van der Waals surface area contributed by atoms with Gasteiger partial charge >= 0.3 is 0 Å². The Morgan fingerprint density at radius 1 is 1.55 bits per heavy atom. The van der Waals surface area contributed by atoms with Crippen LogP contribution in [-0.2, 0) is 10.2 Å². The Morgan fingerprint density at radius 2 is 2.30 bits per heavy atom. The highest BCUT2D eigenvalue weighted by molar-refractivity contribution is 6.30. The van der Waals surface area contributed by atoms with Gasteiger partial charge in [0.15, 0.2) is 5.96 Å². The van der Waals surface area contributed by atoms with Gasteiger partial charge in [-0.25, -0.2) is 0 Å². The third kappa shape index (κ3) is 3.87. The largest absolute Gasteiger partial charge is 0.383 e. The van der Waals surface area contributed by atoms with Gasteiger partial charge in [-0.3, -0.25) is 4.99 Å². The van der Waals surface area contributed by atoms with Crippen LogP contribution in [0.3, 0.4) is 0 Å². The fourth-order valence-electron chi connectivity index (χ4n) is 2.33. The quantitative estimate of drug-likeness (QED) is 0.625. The van der Waals surface area contributed by atoms with Gasteiger partial charge in [-0.15, -0.1) is 0 Å². The van der Waals surface area contributed by atoms with E-state index in [1.807, 2.05) is 25.1 Å². The molecule has 1 unspecified atom stereocenters. The number of guanidine groups is 1. The van der Waals surface area contributed by atoms with Crippen molar-refractivity contribution in [2.24, 2.45) is 10.7 Å². The highest BCUT2D eigenvalue weighted by atomic mass is 35.5. The molecule has 110 valence electrons. The maximum absolute atomic E-state index is 6.06. The number of nitrogens with two attached hydrogens (primary N) is 1. The molecule has 20 heavy (non-hydrogen) atoms. The molecular formula is C15H22ClN3O. The Labute approximate surface area is 125 Å². The number of methoxy groups -OCH3 is 1. The molecule has 0 spiro atoms. The van der Waals surface area contributed by atoms with Crippen molar-refractivity contribution >= 4 is 17.6 Å². The molecule has 1 atom stereocenters. The van der Waals surface area contributed by atoms with Crippen LogP contribution in [0.4, 0.5) is 0 Å². The summed E-state index contributed by atoms with van der Waals surface area (Å²) in [5.41, 5.74) is 7.29. The molecule has 5 heteroatoms. The second-order valence-electron chi connectivity index (χ2n) is 5.49. The first-order valence-corrected chi connectivity index (χ1v) is 7.25. The number of halogens is 1. The molecule has 1 aliphatic carbocycles. The van der Waals surface area contributed by atoms with Crippen LogP contribution in [0.15, 0.2) is 29.3 Å². The Hall–Kier alpha value is -1.26. The molecule has 0 heterocycles. The maximum Gasteiger partial charge on any atom is 0.188 e. The first kappa shape index (κ1) is 15.1. The van der Waals surface area contributed by atoms with E-state index in [0.717, 1.165) is 17.9 Å². The van der Waals surface area contributed by atoms with E-state index in [0.29, 0.717) is 19.1 Å². The van der Waals surface area contributed by atoms with Gasteiger partial charge in [-0.1, -0.05) is 23.7 Å². The van der Waals surface area contributed by atoms with Crippen molar-refractivity contribution in [1.29, 1.82) is 0 Å². The molecule has 0 radical (unpaired) electrons. The molecule has 0 bridgehead atoms. The highest BCUT2D eigenvalue weighted by Crippen LogP contribution is 2.48. The lowest BCUT2D eigenvalue weighted by Gasteiger charge is -2.16. The van der Waals surface area contributed by atoms with Gasteiger partial charge in [0.05, 0.1) is 13.2 Å². The summed E-state index contributed by atoms with van der Waals surface area (Å²) < 4.78 is 5.06. The Morgan fingerprint density at radius 3 is 2.90 bits per heavy atom. The molecule has 4 nitrogen and oxygen atoms in total. The van der Waals surface area contributed by atoms with Gasteiger partial charge in [0.1, 0.15) is 0 Å². The molecular weight excluding hydrogens is 274 g/mol. The van der Waals surface area contributed by atoms with Crippen LogP contribution in [0, 0.1) is 0 Å². The third-order valence-corrected chi connectivity index (χ3v) is 3.89. The lowest BCUT2D eigenvalue weighted by atomic mass is 9.96. The minimum atomic E-state index is 0.127. The zero-order valence-corrected chi connectivity index (χ0v) is 12.8.